The third kappa shape index (κ3) is 5.31. The van der Waals surface area contributed by atoms with Gasteiger partial charge in [-0.3, -0.25) is 14.4 Å². The lowest BCUT2D eigenvalue weighted by Gasteiger charge is -2.41. The van der Waals surface area contributed by atoms with E-state index in [1.54, 1.807) is 27.6 Å². The van der Waals surface area contributed by atoms with E-state index in [2.05, 4.69) is 31.9 Å². The van der Waals surface area contributed by atoms with Gasteiger partial charge in [0.1, 0.15) is 12.6 Å². The minimum Gasteiger partial charge on any atom is -0.461 e. The summed E-state index contributed by atoms with van der Waals surface area (Å²) in [6, 6.07) is 6.56. The maximum atomic E-state index is 14.8. The van der Waals surface area contributed by atoms with E-state index >= 15 is 0 Å². The molecule has 0 aliphatic carbocycles. The first-order chi connectivity index (χ1) is 19.7. The first-order valence-electron chi connectivity index (χ1n) is 14.9. The predicted molar refractivity (Wildman–Crippen MR) is 165 cm³/mol. The lowest BCUT2D eigenvalue weighted by molar-refractivity contribution is -0.153. The molecule has 2 unspecified atom stereocenters. The Morgan fingerprint density at radius 3 is 2.39 bits per heavy atom. The van der Waals surface area contributed by atoms with Crippen LogP contribution in [0, 0.1) is 17.8 Å². The number of hydrogen-bond donors (Lipinski definition) is 1. The maximum absolute atomic E-state index is 14.8. The minimum atomic E-state index is -0.819. The molecule has 41 heavy (non-hydrogen) atoms. The number of carbonyl (C=O) groups excluding carboxylic acids is 3. The number of benzene rings is 1. The third-order valence-electron chi connectivity index (χ3n) is 9.30. The largest absolute Gasteiger partial charge is 0.461 e. The number of carbonyl (C=O) groups is 3. The van der Waals surface area contributed by atoms with Crippen molar-refractivity contribution >= 4 is 40.9 Å². The summed E-state index contributed by atoms with van der Waals surface area (Å²) in [7, 11) is 0. The Morgan fingerprint density at radius 2 is 1.83 bits per heavy atom. The normalized spacial score (nSPS) is 27.7. The van der Waals surface area contributed by atoms with Gasteiger partial charge in [-0.15, -0.1) is 18.3 Å². The van der Waals surface area contributed by atoms with Gasteiger partial charge in [0.2, 0.25) is 5.91 Å². The van der Waals surface area contributed by atoms with Gasteiger partial charge < -0.3 is 24.5 Å². The number of ether oxygens (including phenoxy) is 1. The van der Waals surface area contributed by atoms with Gasteiger partial charge in [0, 0.05) is 36.3 Å². The quantitative estimate of drug-likeness (QED) is 0.258. The molecule has 1 aromatic rings. The third-order valence-corrected chi connectivity index (χ3v) is 11.3. The van der Waals surface area contributed by atoms with E-state index in [0.29, 0.717) is 6.42 Å². The summed E-state index contributed by atoms with van der Waals surface area (Å²) in [5, 5.41) is 10.5. The second-order valence-corrected chi connectivity index (χ2v) is 12.9. The molecule has 3 heterocycles. The molecule has 8 nitrogen and oxygen atoms in total. The number of hydrogen-bond acceptors (Lipinski definition) is 7. The smallest absolute Gasteiger partial charge is 0.311 e. The van der Waals surface area contributed by atoms with E-state index in [4.69, 9.17) is 4.74 Å². The zero-order valence-corrected chi connectivity index (χ0v) is 25.6. The van der Waals surface area contributed by atoms with Gasteiger partial charge in [0.15, 0.2) is 0 Å². The van der Waals surface area contributed by atoms with E-state index in [9.17, 15) is 19.5 Å². The molecule has 3 fully saturated rings. The van der Waals surface area contributed by atoms with Crippen molar-refractivity contribution in [2.75, 3.05) is 42.6 Å². The standard InChI is InChI=1S/C32H45N3O5S/c1-7-18-34(23-14-12-22(13-15-23)33(10-4)11-5)30(38)28-32-17-16-25(41-32)26(31(39)40-19-8-2)27(32)29(37)35(28)24(20-36)21(6)9-3/h7-8,12-15,21,24-28,36H,1-2,9-11,16-20H2,3-6H3/t21-,24-,25+,26-,27-,28?,32?/m0/s1. The lowest BCUT2D eigenvalue weighted by Crippen LogP contribution is -2.58. The molecule has 2 bridgehead atoms. The molecule has 3 aliphatic heterocycles. The highest BCUT2D eigenvalue weighted by atomic mass is 32.2. The Balaban J connectivity index is 1.79. The SMILES string of the molecule is C=CCOC(=O)[C@@H]1[C@H]2C(=O)N([C@@H](CO)[C@@H](C)CC)C(C(=O)N(CC=C)c3ccc(N(CC)CC)cc3)C23CC[C@H]1S3. The summed E-state index contributed by atoms with van der Waals surface area (Å²) < 4.78 is 4.70. The number of anilines is 2. The van der Waals surface area contributed by atoms with Crippen molar-refractivity contribution in [1.29, 1.82) is 0 Å². The van der Waals surface area contributed by atoms with Crippen LogP contribution in [0.3, 0.4) is 0 Å². The van der Waals surface area contributed by atoms with Crippen LogP contribution in [0.15, 0.2) is 49.6 Å². The lowest BCUT2D eigenvalue weighted by atomic mass is 9.71. The van der Waals surface area contributed by atoms with E-state index in [1.807, 2.05) is 38.1 Å². The van der Waals surface area contributed by atoms with Gasteiger partial charge in [-0.2, -0.15) is 0 Å². The molecule has 7 atom stereocenters. The second-order valence-electron chi connectivity index (χ2n) is 11.3. The highest BCUT2D eigenvalue weighted by Gasteiger charge is 2.75. The average molecular weight is 584 g/mol. The summed E-state index contributed by atoms with van der Waals surface area (Å²) >= 11 is 1.60. The van der Waals surface area contributed by atoms with E-state index in [-0.39, 0.29) is 42.7 Å². The Hall–Kier alpha value is -2.78. The monoisotopic (exact) mass is 583 g/mol. The summed E-state index contributed by atoms with van der Waals surface area (Å²) in [6.07, 6.45) is 5.33. The first kappa shape index (κ1) is 31.2. The van der Waals surface area contributed by atoms with Crippen molar-refractivity contribution in [3.05, 3.63) is 49.6 Å². The van der Waals surface area contributed by atoms with Gasteiger partial charge in [-0.25, -0.2) is 0 Å². The molecule has 3 aliphatic rings. The van der Waals surface area contributed by atoms with Crippen molar-refractivity contribution in [2.24, 2.45) is 17.8 Å². The number of aliphatic hydroxyl groups is 1. The molecule has 224 valence electrons. The summed E-state index contributed by atoms with van der Waals surface area (Å²) in [4.78, 5) is 48.0. The van der Waals surface area contributed by atoms with Crippen molar-refractivity contribution in [1.82, 2.24) is 4.90 Å². The van der Waals surface area contributed by atoms with E-state index < -0.39 is 34.6 Å². The van der Waals surface area contributed by atoms with Gasteiger partial charge in [0.25, 0.3) is 5.91 Å². The van der Waals surface area contributed by atoms with Crippen LogP contribution >= 0.6 is 11.8 Å². The van der Waals surface area contributed by atoms with Crippen LogP contribution < -0.4 is 9.80 Å². The van der Waals surface area contributed by atoms with Crippen molar-refractivity contribution in [3.63, 3.8) is 0 Å². The van der Waals surface area contributed by atoms with Crippen molar-refractivity contribution < 1.29 is 24.2 Å². The highest BCUT2D eigenvalue weighted by molar-refractivity contribution is 8.02. The number of rotatable bonds is 14. The number of nitrogens with zero attached hydrogens (tertiary/aromatic N) is 3. The Labute approximate surface area is 248 Å². The van der Waals surface area contributed by atoms with Gasteiger partial charge in [-0.05, 0) is 56.9 Å². The van der Waals surface area contributed by atoms with E-state index in [0.717, 1.165) is 37.3 Å². The number of fused-ring (bicyclic) bond motifs is 1. The van der Waals surface area contributed by atoms with Crippen LogP contribution in [0.5, 0.6) is 0 Å². The fourth-order valence-corrected chi connectivity index (χ4v) is 9.27. The molecule has 1 aromatic carbocycles. The topological polar surface area (TPSA) is 90.4 Å². The molecule has 1 spiro atoms. The van der Waals surface area contributed by atoms with Crippen LogP contribution in [-0.2, 0) is 19.1 Å². The molecular formula is C32H45N3O5S. The van der Waals surface area contributed by atoms with Crippen LogP contribution in [0.2, 0.25) is 0 Å². The molecule has 1 N–H and O–H groups in total. The average Bonchev–Trinajstić information content (AvgIpc) is 3.63. The molecule has 0 aromatic heterocycles. The molecular weight excluding hydrogens is 538 g/mol. The van der Waals surface area contributed by atoms with Crippen molar-refractivity contribution in [3.8, 4) is 0 Å². The molecule has 2 amide bonds. The van der Waals surface area contributed by atoms with Crippen LogP contribution in [0.25, 0.3) is 0 Å². The molecule has 0 radical (unpaired) electrons. The van der Waals surface area contributed by atoms with Gasteiger partial charge in [-0.1, -0.05) is 39.0 Å². The number of thioether (sulfide) groups is 1. The predicted octanol–water partition coefficient (Wildman–Crippen LogP) is 4.28. The molecule has 9 heteroatoms. The summed E-state index contributed by atoms with van der Waals surface area (Å²) in [5.41, 5.74) is 1.80. The van der Waals surface area contributed by atoms with Crippen LogP contribution in [-0.4, -0.2) is 82.7 Å². The zero-order chi connectivity index (χ0) is 29.9. The summed E-state index contributed by atoms with van der Waals surface area (Å²) in [6.45, 7) is 17.6. The fraction of sp³-hybridized carbons (Fsp3) is 0.594. The Morgan fingerprint density at radius 1 is 1.17 bits per heavy atom. The Kier molecular flexibility index (Phi) is 9.90. The molecule has 3 saturated heterocycles. The number of likely N-dealkylation sites (tertiary alicyclic amines) is 1. The minimum absolute atomic E-state index is 0.0379. The first-order valence-corrected chi connectivity index (χ1v) is 15.8. The molecule has 0 saturated carbocycles. The summed E-state index contributed by atoms with van der Waals surface area (Å²) in [5.74, 6) is -2.18. The van der Waals surface area contributed by atoms with Gasteiger partial charge in [0.05, 0.1) is 29.2 Å². The van der Waals surface area contributed by atoms with Gasteiger partial charge >= 0.3 is 5.97 Å². The second kappa shape index (κ2) is 13.0. The Bertz CT molecular complexity index is 1140. The number of amides is 2. The van der Waals surface area contributed by atoms with E-state index in [1.165, 1.54) is 6.08 Å². The number of esters is 1. The van der Waals surface area contributed by atoms with Crippen molar-refractivity contribution in [2.45, 2.75) is 69.0 Å². The molecule has 4 rings (SSSR count). The number of aliphatic hydroxyl groups excluding tert-OH is 1. The maximum Gasteiger partial charge on any atom is 0.311 e. The zero-order valence-electron chi connectivity index (χ0n) is 24.8. The highest BCUT2D eigenvalue weighted by Crippen LogP contribution is 2.67. The van der Waals surface area contributed by atoms with Crippen LogP contribution in [0.4, 0.5) is 11.4 Å². The van der Waals surface area contributed by atoms with Crippen LogP contribution in [0.1, 0.15) is 47.0 Å². The fourth-order valence-electron chi connectivity index (χ4n) is 7.08.